The number of aromatic nitrogens is 4. The Morgan fingerprint density at radius 1 is 1.31 bits per heavy atom. The van der Waals surface area contributed by atoms with Gasteiger partial charge in [0, 0.05) is 25.4 Å². The Morgan fingerprint density at radius 2 is 2.06 bits per heavy atom. The van der Waals surface area contributed by atoms with Crippen molar-refractivity contribution in [2.24, 2.45) is 0 Å². The van der Waals surface area contributed by atoms with Gasteiger partial charge in [0.25, 0.3) is 0 Å². The highest BCUT2D eigenvalue weighted by Gasteiger charge is 2.09. The van der Waals surface area contributed by atoms with E-state index in [1.54, 1.807) is 17.0 Å². The average molecular weight is 215 g/mol. The Hall–Kier alpha value is -2.17. The molecule has 0 bridgehead atoms. The molecule has 0 aromatic carbocycles. The lowest BCUT2D eigenvalue weighted by Crippen LogP contribution is -2.24. The zero-order chi connectivity index (χ0) is 11.4. The minimum absolute atomic E-state index is 0.660. The summed E-state index contributed by atoms with van der Waals surface area (Å²) in [6.45, 7) is 8.80. The second-order valence-electron chi connectivity index (χ2n) is 3.28. The quantitative estimate of drug-likeness (QED) is 0.705. The van der Waals surface area contributed by atoms with E-state index in [4.69, 9.17) is 0 Å². The predicted molar refractivity (Wildman–Crippen MR) is 63.4 cm³/mol. The molecular formula is C11H13N5. The third kappa shape index (κ3) is 1.93. The van der Waals surface area contributed by atoms with E-state index in [-0.39, 0.29) is 0 Å². The highest BCUT2D eigenvalue weighted by Crippen LogP contribution is 2.09. The highest BCUT2D eigenvalue weighted by atomic mass is 15.4. The average Bonchev–Trinajstić information content (AvgIpc) is 2.72. The highest BCUT2D eigenvalue weighted by molar-refractivity contribution is 5.44. The summed E-state index contributed by atoms with van der Waals surface area (Å²) >= 11 is 0. The van der Waals surface area contributed by atoms with Gasteiger partial charge >= 0.3 is 0 Å². The summed E-state index contributed by atoms with van der Waals surface area (Å²) in [6, 6.07) is 1.82. The Kier molecular flexibility index (Phi) is 2.95. The van der Waals surface area contributed by atoms with Gasteiger partial charge in [-0.05, 0) is 0 Å². The van der Waals surface area contributed by atoms with Crippen molar-refractivity contribution >= 4 is 11.6 Å². The second kappa shape index (κ2) is 4.57. The molecule has 0 amide bonds. The van der Waals surface area contributed by atoms with E-state index in [1.807, 2.05) is 23.1 Å². The van der Waals surface area contributed by atoms with Crippen LogP contribution in [0.3, 0.4) is 0 Å². The third-order valence-corrected chi connectivity index (χ3v) is 2.11. The second-order valence-corrected chi connectivity index (χ2v) is 3.28. The molecule has 2 heterocycles. The van der Waals surface area contributed by atoms with Crippen LogP contribution in [0.15, 0.2) is 43.9 Å². The molecule has 0 aliphatic carbocycles. The van der Waals surface area contributed by atoms with Crippen molar-refractivity contribution in [2.75, 3.05) is 18.0 Å². The Labute approximate surface area is 93.7 Å². The lowest BCUT2D eigenvalue weighted by Gasteiger charge is -2.15. The van der Waals surface area contributed by atoms with Gasteiger partial charge in [0.05, 0.1) is 0 Å². The molecular weight excluding hydrogens is 202 g/mol. The number of anilines is 1. The maximum atomic E-state index is 4.39. The van der Waals surface area contributed by atoms with Crippen molar-refractivity contribution in [3.63, 3.8) is 0 Å². The van der Waals surface area contributed by atoms with E-state index in [9.17, 15) is 0 Å². The van der Waals surface area contributed by atoms with Crippen LogP contribution in [0.4, 0.5) is 5.95 Å². The van der Waals surface area contributed by atoms with Crippen LogP contribution in [0.25, 0.3) is 5.65 Å². The van der Waals surface area contributed by atoms with Crippen LogP contribution in [0.1, 0.15) is 0 Å². The van der Waals surface area contributed by atoms with E-state index in [0.717, 1.165) is 5.65 Å². The summed E-state index contributed by atoms with van der Waals surface area (Å²) in [4.78, 5) is 10.4. The summed E-state index contributed by atoms with van der Waals surface area (Å²) in [6.07, 6.45) is 6.95. The number of hydrogen-bond acceptors (Lipinski definition) is 4. The van der Waals surface area contributed by atoms with Gasteiger partial charge in [0.15, 0.2) is 5.65 Å². The minimum atomic E-state index is 0.660. The van der Waals surface area contributed by atoms with Crippen LogP contribution >= 0.6 is 0 Å². The van der Waals surface area contributed by atoms with Crippen LogP contribution in [0.2, 0.25) is 0 Å². The topological polar surface area (TPSA) is 46.3 Å². The first-order valence-electron chi connectivity index (χ1n) is 4.98. The molecule has 0 saturated carbocycles. The van der Waals surface area contributed by atoms with Gasteiger partial charge in [-0.2, -0.15) is 4.98 Å². The van der Waals surface area contributed by atoms with Crippen LogP contribution in [-0.4, -0.2) is 32.7 Å². The first-order chi connectivity index (χ1) is 7.85. The molecule has 2 rings (SSSR count). The lowest BCUT2D eigenvalue weighted by atomic mass is 10.5. The van der Waals surface area contributed by atoms with Crippen LogP contribution in [-0.2, 0) is 0 Å². The van der Waals surface area contributed by atoms with Crippen molar-refractivity contribution in [2.45, 2.75) is 0 Å². The number of fused-ring (bicyclic) bond motifs is 1. The van der Waals surface area contributed by atoms with Gasteiger partial charge in [-0.1, -0.05) is 12.2 Å². The normalized spacial score (nSPS) is 10.2. The van der Waals surface area contributed by atoms with Crippen molar-refractivity contribution in [1.82, 2.24) is 19.6 Å². The summed E-state index contributed by atoms with van der Waals surface area (Å²) in [5, 5.41) is 4.32. The van der Waals surface area contributed by atoms with Crippen molar-refractivity contribution in [3.05, 3.63) is 43.9 Å². The molecule has 2 aromatic heterocycles. The van der Waals surface area contributed by atoms with Crippen molar-refractivity contribution < 1.29 is 0 Å². The fourth-order valence-electron chi connectivity index (χ4n) is 1.42. The van der Waals surface area contributed by atoms with Gasteiger partial charge in [-0.25, -0.2) is 9.50 Å². The van der Waals surface area contributed by atoms with E-state index in [1.165, 1.54) is 0 Å². The monoisotopic (exact) mass is 215 g/mol. The van der Waals surface area contributed by atoms with E-state index in [2.05, 4.69) is 28.2 Å². The summed E-state index contributed by atoms with van der Waals surface area (Å²) in [5.41, 5.74) is 0.781. The summed E-state index contributed by atoms with van der Waals surface area (Å²) in [7, 11) is 0. The van der Waals surface area contributed by atoms with Crippen LogP contribution in [0.5, 0.6) is 0 Å². The van der Waals surface area contributed by atoms with Gasteiger partial charge in [0.2, 0.25) is 5.95 Å². The van der Waals surface area contributed by atoms with E-state index in [0.29, 0.717) is 19.0 Å². The third-order valence-electron chi connectivity index (χ3n) is 2.11. The van der Waals surface area contributed by atoms with Crippen LogP contribution < -0.4 is 4.90 Å². The number of nitrogens with zero attached hydrogens (tertiary/aromatic N) is 5. The molecule has 0 radical (unpaired) electrons. The molecule has 82 valence electrons. The van der Waals surface area contributed by atoms with Gasteiger partial charge < -0.3 is 4.90 Å². The smallest absolute Gasteiger partial charge is 0.246 e. The summed E-state index contributed by atoms with van der Waals surface area (Å²) < 4.78 is 1.65. The van der Waals surface area contributed by atoms with E-state index >= 15 is 0 Å². The molecule has 5 heteroatoms. The SMILES string of the molecule is C=CCN(CC=C)c1nc2ccncn2n1. The van der Waals surface area contributed by atoms with Crippen LogP contribution in [0, 0.1) is 0 Å². The minimum Gasteiger partial charge on any atom is -0.332 e. The molecule has 0 spiro atoms. The Bertz CT molecular complexity index is 459. The molecule has 0 saturated heterocycles. The molecule has 16 heavy (non-hydrogen) atoms. The summed E-state index contributed by atoms with van der Waals surface area (Å²) in [5.74, 6) is 0.660. The molecule has 0 fully saturated rings. The Balaban J connectivity index is 2.36. The fourth-order valence-corrected chi connectivity index (χ4v) is 1.42. The molecule has 0 aliphatic heterocycles. The first kappa shape index (κ1) is 10.4. The van der Waals surface area contributed by atoms with Crippen molar-refractivity contribution in [3.8, 4) is 0 Å². The molecule has 2 aromatic rings. The standard InChI is InChI=1S/C11H13N5/c1-3-7-15(8-4-2)11-13-10-5-6-12-9-16(10)14-11/h3-6,9H,1-2,7-8H2. The molecule has 0 unspecified atom stereocenters. The molecule has 5 nitrogen and oxygen atoms in total. The zero-order valence-corrected chi connectivity index (χ0v) is 8.95. The number of rotatable bonds is 5. The predicted octanol–water partition coefficient (Wildman–Crippen LogP) is 1.30. The fraction of sp³-hybridized carbons (Fsp3) is 0.182. The van der Waals surface area contributed by atoms with Crippen molar-refractivity contribution in [1.29, 1.82) is 0 Å². The van der Waals surface area contributed by atoms with Gasteiger partial charge in [-0.3, -0.25) is 0 Å². The lowest BCUT2D eigenvalue weighted by molar-refractivity contribution is 0.858. The maximum absolute atomic E-state index is 4.39. The molecule has 0 N–H and O–H groups in total. The van der Waals surface area contributed by atoms with Gasteiger partial charge in [-0.15, -0.1) is 18.3 Å². The zero-order valence-electron chi connectivity index (χ0n) is 8.95. The first-order valence-corrected chi connectivity index (χ1v) is 4.98. The Morgan fingerprint density at radius 3 is 2.69 bits per heavy atom. The van der Waals surface area contributed by atoms with Gasteiger partial charge in [0.1, 0.15) is 6.33 Å². The number of hydrogen-bond donors (Lipinski definition) is 0. The molecule has 0 atom stereocenters. The van der Waals surface area contributed by atoms with E-state index < -0.39 is 0 Å². The maximum Gasteiger partial charge on any atom is 0.246 e. The largest absolute Gasteiger partial charge is 0.332 e. The molecule has 0 aliphatic rings.